The Balaban J connectivity index is 2.31. The number of carboxylic acids is 1. The molecule has 1 fully saturated rings. The van der Waals surface area contributed by atoms with E-state index in [4.69, 9.17) is 5.11 Å². The van der Waals surface area contributed by atoms with Gasteiger partial charge < -0.3 is 10.2 Å². The molecule has 1 rings (SSSR count). The van der Waals surface area contributed by atoms with Gasteiger partial charge in [-0.15, -0.1) is 0 Å². The number of hydrogen-bond donors (Lipinski definition) is 2. The van der Waals surface area contributed by atoms with Gasteiger partial charge in [-0.25, -0.2) is 0 Å². The molecule has 1 saturated carbocycles. The molecule has 5 nitrogen and oxygen atoms in total. The Morgan fingerprint density at radius 1 is 0.960 bits per heavy atom. The molecule has 0 saturated heterocycles. The summed E-state index contributed by atoms with van der Waals surface area (Å²) >= 11 is 0. The number of carbonyl (C=O) groups is 3. The van der Waals surface area contributed by atoms with Gasteiger partial charge in [-0.2, -0.15) is 0 Å². The lowest BCUT2D eigenvalue weighted by atomic mass is 9.85. The number of aliphatic hydroxyl groups is 1. The molecule has 0 spiro atoms. The van der Waals surface area contributed by atoms with Crippen LogP contribution in [-0.4, -0.2) is 33.9 Å². The summed E-state index contributed by atoms with van der Waals surface area (Å²) in [5.41, 5.74) is 0. The fraction of sp³-hybridized carbons (Fsp3) is 0.850. The first-order valence-electron chi connectivity index (χ1n) is 9.90. The predicted octanol–water partition coefficient (Wildman–Crippen LogP) is 3.91. The summed E-state index contributed by atoms with van der Waals surface area (Å²) in [6.45, 7) is 2.11. The lowest BCUT2D eigenvalue weighted by Crippen LogP contribution is -2.21. The minimum atomic E-state index is -0.766. The molecular weight excluding hydrogens is 320 g/mol. The van der Waals surface area contributed by atoms with E-state index in [1.807, 2.05) is 0 Å². The summed E-state index contributed by atoms with van der Waals surface area (Å²) in [4.78, 5) is 34.6. The zero-order valence-electron chi connectivity index (χ0n) is 15.5. The maximum atomic E-state index is 12.1. The Morgan fingerprint density at radius 3 is 2.32 bits per heavy atom. The first kappa shape index (κ1) is 21.8. The van der Waals surface area contributed by atoms with Crippen molar-refractivity contribution in [1.29, 1.82) is 0 Å². The number of carboxylic acid groups (broad SMARTS) is 1. The highest BCUT2D eigenvalue weighted by Gasteiger charge is 2.40. The van der Waals surface area contributed by atoms with Crippen molar-refractivity contribution in [2.45, 2.75) is 96.5 Å². The summed E-state index contributed by atoms with van der Waals surface area (Å²) in [5, 5.41) is 18.8. The van der Waals surface area contributed by atoms with Crippen LogP contribution in [0.3, 0.4) is 0 Å². The molecule has 3 atom stereocenters. The van der Waals surface area contributed by atoms with Gasteiger partial charge in [0.05, 0.1) is 6.10 Å². The fourth-order valence-corrected chi connectivity index (χ4v) is 3.80. The van der Waals surface area contributed by atoms with Crippen LogP contribution < -0.4 is 0 Å². The van der Waals surface area contributed by atoms with Crippen molar-refractivity contribution in [3.8, 4) is 0 Å². The minimum absolute atomic E-state index is 0.0818. The lowest BCUT2D eigenvalue weighted by molar-refractivity contribution is -0.137. The molecule has 0 heterocycles. The third kappa shape index (κ3) is 8.61. The average Bonchev–Trinajstić information content (AvgIpc) is 2.82. The largest absolute Gasteiger partial charge is 0.481 e. The molecule has 0 aromatic heterocycles. The van der Waals surface area contributed by atoms with E-state index in [0.717, 1.165) is 44.9 Å². The van der Waals surface area contributed by atoms with Crippen LogP contribution in [0, 0.1) is 11.8 Å². The number of unbranched alkanes of at least 4 members (excludes halogenated alkanes) is 5. The summed E-state index contributed by atoms with van der Waals surface area (Å²) in [7, 11) is 0. The van der Waals surface area contributed by atoms with E-state index in [9.17, 15) is 19.5 Å². The van der Waals surface area contributed by atoms with E-state index in [1.165, 1.54) is 0 Å². The highest BCUT2D eigenvalue weighted by molar-refractivity contribution is 5.84. The summed E-state index contributed by atoms with van der Waals surface area (Å²) in [6, 6.07) is 0. The lowest BCUT2D eigenvalue weighted by Gasteiger charge is -2.20. The maximum absolute atomic E-state index is 12.1. The molecule has 1 aliphatic rings. The summed E-state index contributed by atoms with van der Waals surface area (Å²) in [6.07, 6.45) is 8.67. The van der Waals surface area contributed by atoms with Crippen LogP contribution >= 0.6 is 0 Å². The molecule has 0 radical (unpaired) electrons. The number of aliphatic carboxylic acids is 1. The molecular formula is C20H34O5. The van der Waals surface area contributed by atoms with E-state index in [1.54, 1.807) is 0 Å². The number of hydrogen-bond acceptors (Lipinski definition) is 4. The van der Waals surface area contributed by atoms with Crippen LogP contribution in [0.25, 0.3) is 0 Å². The molecule has 25 heavy (non-hydrogen) atoms. The van der Waals surface area contributed by atoms with Gasteiger partial charge in [0.1, 0.15) is 11.6 Å². The fourth-order valence-electron chi connectivity index (χ4n) is 3.80. The molecule has 0 bridgehead atoms. The zero-order valence-corrected chi connectivity index (χ0v) is 15.5. The first-order valence-corrected chi connectivity index (χ1v) is 9.90. The van der Waals surface area contributed by atoms with Gasteiger partial charge in [-0.3, -0.25) is 14.4 Å². The number of aliphatic hydroxyl groups excluding tert-OH is 1. The Labute approximate surface area is 151 Å². The van der Waals surface area contributed by atoms with Crippen molar-refractivity contribution in [2.75, 3.05) is 0 Å². The van der Waals surface area contributed by atoms with Crippen molar-refractivity contribution in [1.82, 2.24) is 0 Å². The van der Waals surface area contributed by atoms with Gasteiger partial charge in [0.2, 0.25) is 0 Å². The van der Waals surface area contributed by atoms with Crippen molar-refractivity contribution in [3.63, 3.8) is 0 Å². The van der Waals surface area contributed by atoms with E-state index in [0.29, 0.717) is 25.7 Å². The molecule has 0 aromatic carbocycles. The molecule has 5 heteroatoms. The summed E-state index contributed by atoms with van der Waals surface area (Å²) < 4.78 is 0. The van der Waals surface area contributed by atoms with Crippen LogP contribution in [0.15, 0.2) is 0 Å². The second-order valence-corrected chi connectivity index (χ2v) is 7.39. The molecule has 1 unspecified atom stereocenters. The number of ketones is 2. The van der Waals surface area contributed by atoms with Gasteiger partial charge in [0.25, 0.3) is 0 Å². The van der Waals surface area contributed by atoms with Crippen molar-refractivity contribution in [2.24, 2.45) is 11.8 Å². The third-order valence-electron chi connectivity index (χ3n) is 5.31. The number of rotatable bonds is 14. The molecule has 0 aliphatic heterocycles. The van der Waals surface area contributed by atoms with Gasteiger partial charge in [-0.1, -0.05) is 39.0 Å². The highest BCUT2D eigenvalue weighted by atomic mass is 16.4. The molecule has 1 aliphatic carbocycles. The Bertz CT molecular complexity index is 432. The van der Waals surface area contributed by atoms with Gasteiger partial charge in [0.15, 0.2) is 0 Å². The molecule has 0 amide bonds. The number of carbonyl (C=O) groups excluding carboxylic acids is 2. The minimum Gasteiger partial charge on any atom is -0.481 e. The number of Topliss-reactive ketones (excluding diaryl/α,β-unsaturated/α-hetero) is 2. The smallest absolute Gasteiger partial charge is 0.303 e. The monoisotopic (exact) mass is 354 g/mol. The van der Waals surface area contributed by atoms with E-state index in [-0.39, 0.29) is 36.2 Å². The average molecular weight is 354 g/mol. The van der Waals surface area contributed by atoms with Crippen LogP contribution in [0.2, 0.25) is 0 Å². The van der Waals surface area contributed by atoms with Gasteiger partial charge in [0, 0.05) is 31.6 Å². The van der Waals surface area contributed by atoms with E-state index < -0.39 is 12.1 Å². The van der Waals surface area contributed by atoms with Crippen molar-refractivity contribution < 1.29 is 24.6 Å². The second kappa shape index (κ2) is 12.2. The van der Waals surface area contributed by atoms with Gasteiger partial charge >= 0.3 is 5.97 Å². The van der Waals surface area contributed by atoms with Crippen LogP contribution in [0.1, 0.15) is 90.4 Å². The van der Waals surface area contributed by atoms with Crippen LogP contribution in [0.5, 0.6) is 0 Å². The SMILES string of the molecule is CCCCCC(=O)CC[C@@H]1C(CCCCCCC(=O)O)C(=O)C[C@H]1O. The Hall–Kier alpha value is -1.23. The van der Waals surface area contributed by atoms with Gasteiger partial charge in [-0.05, 0) is 31.6 Å². The summed E-state index contributed by atoms with van der Waals surface area (Å²) in [5.74, 6) is -0.605. The third-order valence-corrected chi connectivity index (χ3v) is 5.31. The zero-order chi connectivity index (χ0) is 18.7. The highest BCUT2D eigenvalue weighted by Crippen LogP contribution is 2.36. The van der Waals surface area contributed by atoms with Crippen LogP contribution in [-0.2, 0) is 14.4 Å². The maximum Gasteiger partial charge on any atom is 0.303 e. The molecule has 0 aromatic rings. The second-order valence-electron chi connectivity index (χ2n) is 7.39. The topological polar surface area (TPSA) is 91.7 Å². The Kier molecular flexibility index (Phi) is 10.6. The normalized spacial score (nSPS) is 23.1. The molecule has 2 N–H and O–H groups in total. The van der Waals surface area contributed by atoms with E-state index in [2.05, 4.69) is 6.92 Å². The van der Waals surface area contributed by atoms with Crippen LogP contribution in [0.4, 0.5) is 0 Å². The molecule has 144 valence electrons. The predicted molar refractivity (Wildman–Crippen MR) is 96.3 cm³/mol. The quantitative estimate of drug-likeness (QED) is 0.462. The standard InChI is InChI=1S/C20H34O5/c1-2-3-6-9-15(21)12-13-17-16(18(22)14-19(17)23)10-7-4-5-8-11-20(24)25/h16-17,19,23H,2-14H2,1H3,(H,24,25)/t16?,17-,19-/m1/s1. The first-order chi connectivity index (χ1) is 12.0. The Morgan fingerprint density at radius 2 is 1.64 bits per heavy atom. The van der Waals surface area contributed by atoms with E-state index >= 15 is 0 Å². The van der Waals surface area contributed by atoms with Crippen molar-refractivity contribution >= 4 is 17.5 Å². The van der Waals surface area contributed by atoms with Crippen molar-refractivity contribution in [3.05, 3.63) is 0 Å².